The number of hydrogen-bond donors (Lipinski definition) is 1. The molecule has 2 saturated heterocycles. The molecule has 0 spiro atoms. The maximum absolute atomic E-state index is 6.48. The summed E-state index contributed by atoms with van der Waals surface area (Å²) >= 11 is 12.3. The van der Waals surface area contributed by atoms with E-state index in [9.17, 15) is 0 Å². The van der Waals surface area contributed by atoms with Crippen LogP contribution in [0.5, 0.6) is 5.75 Å². The molecule has 6 nitrogen and oxygen atoms in total. The number of thiocarbonyl (C=S) groups is 1. The first-order chi connectivity index (χ1) is 15.7. The van der Waals surface area contributed by atoms with Crippen molar-refractivity contribution in [2.45, 2.75) is 37.6 Å². The van der Waals surface area contributed by atoms with Crippen LogP contribution in [0.25, 0.3) is 0 Å². The van der Waals surface area contributed by atoms with E-state index in [1.807, 2.05) is 42.6 Å². The number of ether oxygens (including phenoxy) is 2. The van der Waals surface area contributed by atoms with Crippen LogP contribution in [0.2, 0.25) is 5.02 Å². The summed E-state index contributed by atoms with van der Waals surface area (Å²) in [5, 5.41) is 4.68. The van der Waals surface area contributed by atoms with Gasteiger partial charge in [0.1, 0.15) is 11.8 Å². The van der Waals surface area contributed by atoms with E-state index in [-0.39, 0.29) is 18.2 Å². The molecule has 166 valence electrons. The zero-order valence-electron chi connectivity index (χ0n) is 17.8. The molecule has 0 aliphatic carbocycles. The molecule has 5 rings (SSSR count). The summed E-state index contributed by atoms with van der Waals surface area (Å²) in [4.78, 5) is 6.76. The summed E-state index contributed by atoms with van der Waals surface area (Å²) in [5.41, 5.74) is 2.99. The van der Waals surface area contributed by atoms with Gasteiger partial charge in [-0.05, 0) is 67.5 Å². The van der Waals surface area contributed by atoms with Crippen LogP contribution >= 0.6 is 23.8 Å². The Bertz CT molecular complexity index is 1100. The number of rotatable bonds is 6. The number of nitrogens with one attached hydrogen (secondary N) is 1. The van der Waals surface area contributed by atoms with Crippen molar-refractivity contribution >= 4 is 34.6 Å². The van der Waals surface area contributed by atoms with Gasteiger partial charge in [-0.2, -0.15) is 0 Å². The van der Waals surface area contributed by atoms with Crippen molar-refractivity contribution < 1.29 is 9.47 Å². The Hall–Kier alpha value is -2.61. The fourth-order valence-corrected chi connectivity index (χ4v) is 5.21. The Morgan fingerprint density at radius 3 is 2.88 bits per heavy atom. The molecule has 0 bridgehead atoms. The summed E-state index contributed by atoms with van der Waals surface area (Å²) in [6.07, 6.45) is 6.37. The second-order valence-electron chi connectivity index (χ2n) is 8.04. The largest absolute Gasteiger partial charge is 0.495 e. The average Bonchev–Trinajstić information content (AvgIpc) is 3.55. The van der Waals surface area contributed by atoms with E-state index < -0.39 is 0 Å². The smallest absolute Gasteiger partial charge is 0.174 e. The Balaban J connectivity index is 1.58. The predicted octanol–water partition coefficient (Wildman–Crippen LogP) is 4.90. The molecule has 3 unspecified atom stereocenters. The lowest BCUT2D eigenvalue weighted by atomic mass is 10.0. The van der Waals surface area contributed by atoms with Crippen LogP contribution in [-0.2, 0) is 11.3 Å². The molecule has 3 atom stereocenters. The summed E-state index contributed by atoms with van der Waals surface area (Å²) in [5.74, 6) is 0.632. The van der Waals surface area contributed by atoms with E-state index in [4.69, 9.17) is 33.3 Å². The second-order valence-corrected chi connectivity index (χ2v) is 8.83. The number of hydrogen-bond acceptors (Lipinski definition) is 4. The third kappa shape index (κ3) is 3.96. The third-order valence-corrected chi connectivity index (χ3v) is 6.71. The number of nitrogens with zero attached hydrogens (tertiary/aromatic N) is 3. The first-order valence-corrected chi connectivity index (χ1v) is 11.5. The van der Waals surface area contributed by atoms with Crippen molar-refractivity contribution in [1.82, 2.24) is 14.9 Å². The van der Waals surface area contributed by atoms with Crippen LogP contribution in [0.3, 0.4) is 0 Å². The van der Waals surface area contributed by atoms with Crippen LogP contribution in [0.4, 0.5) is 5.69 Å². The zero-order valence-corrected chi connectivity index (χ0v) is 19.4. The van der Waals surface area contributed by atoms with Crippen LogP contribution in [-0.4, -0.2) is 34.5 Å². The Morgan fingerprint density at radius 2 is 2.16 bits per heavy atom. The molecular formula is C24H25ClN4O2S. The molecule has 1 aromatic carbocycles. The third-order valence-electron chi connectivity index (χ3n) is 6.10. The maximum Gasteiger partial charge on any atom is 0.174 e. The normalized spacial score (nSPS) is 22.9. The number of pyridine rings is 1. The van der Waals surface area contributed by atoms with Crippen molar-refractivity contribution in [3.63, 3.8) is 0 Å². The van der Waals surface area contributed by atoms with Crippen molar-refractivity contribution in [3.05, 3.63) is 77.3 Å². The van der Waals surface area contributed by atoms with Crippen LogP contribution in [0.1, 0.15) is 36.3 Å². The Morgan fingerprint density at radius 1 is 1.25 bits per heavy atom. The van der Waals surface area contributed by atoms with Crippen molar-refractivity contribution in [1.29, 1.82) is 0 Å². The number of methoxy groups -OCH3 is 1. The van der Waals surface area contributed by atoms with Gasteiger partial charge in [-0.15, -0.1) is 0 Å². The fourth-order valence-electron chi connectivity index (χ4n) is 4.61. The summed E-state index contributed by atoms with van der Waals surface area (Å²) in [6, 6.07) is 15.7. The van der Waals surface area contributed by atoms with Crippen LogP contribution in [0, 0.1) is 0 Å². The average molecular weight is 469 g/mol. The number of anilines is 1. The van der Waals surface area contributed by atoms with Gasteiger partial charge in [0.2, 0.25) is 0 Å². The van der Waals surface area contributed by atoms with E-state index in [1.54, 1.807) is 7.11 Å². The number of aromatic nitrogens is 2. The molecular weight excluding hydrogens is 444 g/mol. The van der Waals surface area contributed by atoms with Gasteiger partial charge < -0.3 is 24.3 Å². The minimum Gasteiger partial charge on any atom is -0.495 e. The van der Waals surface area contributed by atoms with Crippen molar-refractivity contribution in [2.75, 3.05) is 18.6 Å². The molecule has 32 heavy (non-hydrogen) atoms. The summed E-state index contributed by atoms with van der Waals surface area (Å²) in [7, 11) is 1.61. The highest BCUT2D eigenvalue weighted by Gasteiger charge is 2.42. The highest BCUT2D eigenvalue weighted by molar-refractivity contribution is 7.80. The monoisotopic (exact) mass is 468 g/mol. The zero-order chi connectivity index (χ0) is 22.1. The molecule has 8 heteroatoms. The molecule has 1 N–H and O–H groups in total. The summed E-state index contributed by atoms with van der Waals surface area (Å²) in [6.45, 7) is 1.65. The minimum absolute atomic E-state index is 0.0988. The molecule has 2 fully saturated rings. The van der Waals surface area contributed by atoms with Crippen LogP contribution < -0.4 is 15.0 Å². The van der Waals surface area contributed by atoms with Gasteiger partial charge in [0.25, 0.3) is 0 Å². The Labute approximate surface area is 198 Å². The van der Waals surface area contributed by atoms with Gasteiger partial charge in [-0.3, -0.25) is 4.98 Å². The lowest BCUT2D eigenvalue weighted by molar-refractivity contribution is 0.0961. The van der Waals surface area contributed by atoms with Gasteiger partial charge in [0.05, 0.1) is 30.0 Å². The molecule has 2 aliphatic heterocycles. The van der Waals surface area contributed by atoms with Crippen LogP contribution in [0.15, 0.2) is 60.9 Å². The van der Waals surface area contributed by atoms with Gasteiger partial charge in [-0.1, -0.05) is 17.7 Å². The first kappa shape index (κ1) is 21.2. The SMILES string of the molecule is COc1ccc(N2C(=S)NC(c3ccccn3)C2c2cccn2CC2CCCO2)cc1Cl. The number of halogens is 1. The lowest BCUT2D eigenvalue weighted by Crippen LogP contribution is -2.31. The summed E-state index contributed by atoms with van der Waals surface area (Å²) < 4.78 is 13.5. The van der Waals surface area contributed by atoms with Gasteiger partial charge in [0, 0.05) is 36.9 Å². The molecule has 0 saturated carbocycles. The lowest BCUT2D eigenvalue weighted by Gasteiger charge is -2.29. The molecule has 4 heterocycles. The molecule has 2 aliphatic rings. The van der Waals surface area contributed by atoms with E-state index in [2.05, 4.69) is 38.1 Å². The molecule has 2 aromatic heterocycles. The second kappa shape index (κ2) is 9.10. The fraction of sp³-hybridized carbons (Fsp3) is 0.333. The van der Waals surface area contributed by atoms with Gasteiger partial charge in [0.15, 0.2) is 5.11 Å². The predicted molar refractivity (Wildman–Crippen MR) is 129 cm³/mol. The van der Waals surface area contributed by atoms with E-state index in [0.717, 1.165) is 43.1 Å². The van der Waals surface area contributed by atoms with E-state index >= 15 is 0 Å². The van der Waals surface area contributed by atoms with E-state index in [1.165, 1.54) is 0 Å². The Kier molecular flexibility index (Phi) is 6.04. The maximum atomic E-state index is 6.48. The topological polar surface area (TPSA) is 51.5 Å². The van der Waals surface area contributed by atoms with E-state index in [0.29, 0.717) is 15.9 Å². The van der Waals surface area contributed by atoms with Gasteiger partial charge >= 0.3 is 0 Å². The minimum atomic E-state index is -0.109. The number of benzene rings is 1. The molecule has 0 amide bonds. The highest BCUT2D eigenvalue weighted by atomic mass is 35.5. The molecule has 3 aromatic rings. The molecule has 0 radical (unpaired) electrons. The first-order valence-electron chi connectivity index (χ1n) is 10.8. The van der Waals surface area contributed by atoms with Gasteiger partial charge in [-0.25, -0.2) is 0 Å². The highest BCUT2D eigenvalue weighted by Crippen LogP contribution is 2.43. The van der Waals surface area contributed by atoms with Crippen molar-refractivity contribution in [2.24, 2.45) is 0 Å². The standard InChI is InChI=1S/C24H25ClN4O2S/c1-30-21-10-9-16(14-18(21)25)29-23(22(27-24(29)32)19-7-2-3-11-26-19)20-8-4-12-28(20)15-17-6-5-13-31-17/h2-4,7-12,14,17,22-23H,5-6,13,15H2,1H3,(H,27,32). The van der Waals surface area contributed by atoms with Crippen molar-refractivity contribution in [3.8, 4) is 5.75 Å². The quantitative estimate of drug-likeness (QED) is 0.519.